The fourth-order valence-corrected chi connectivity index (χ4v) is 5.04. The fraction of sp³-hybridized carbons (Fsp3) is 0.471. The molecule has 142 valence electrons. The summed E-state index contributed by atoms with van der Waals surface area (Å²) in [6.45, 7) is -0.0699. The van der Waals surface area contributed by atoms with E-state index >= 15 is 0 Å². The molecule has 2 fully saturated rings. The van der Waals surface area contributed by atoms with Gasteiger partial charge in [-0.2, -0.15) is 0 Å². The van der Waals surface area contributed by atoms with Gasteiger partial charge in [0.05, 0.1) is 10.6 Å². The minimum Gasteiger partial charge on any atom is -0.318 e. The Balaban J connectivity index is 1.46. The number of nitrogens with one attached hydrogen (secondary N) is 2. The van der Waals surface area contributed by atoms with Gasteiger partial charge in [-0.1, -0.05) is 37.1 Å². The van der Waals surface area contributed by atoms with Crippen molar-refractivity contribution in [3.8, 4) is 10.7 Å². The lowest BCUT2D eigenvalue weighted by Crippen LogP contribution is -2.69. The number of rotatable bonds is 4. The predicted molar refractivity (Wildman–Crippen MR) is 101 cm³/mol. The SMILES string of the molecule is O=C1CN(C(=O)CSc2n[nH]c(-c3cccs3)n2)C2(CCCCC2)C(=O)N1. The molecule has 0 aromatic carbocycles. The van der Waals surface area contributed by atoms with Crippen LogP contribution in [-0.2, 0) is 14.4 Å². The summed E-state index contributed by atoms with van der Waals surface area (Å²) in [5, 5.41) is 11.8. The second kappa shape index (κ2) is 7.43. The third-order valence-electron chi connectivity index (χ3n) is 5.02. The number of thiophene rings is 1. The van der Waals surface area contributed by atoms with Crippen molar-refractivity contribution in [2.45, 2.75) is 42.8 Å². The Kier molecular flexibility index (Phi) is 5.00. The maximum atomic E-state index is 12.9. The summed E-state index contributed by atoms with van der Waals surface area (Å²) in [6, 6.07) is 3.87. The smallest absolute Gasteiger partial charge is 0.252 e. The summed E-state index contributed by atoms with van der Waals surface area (Å²) in [5.41, 5.74) is -0.884. The zero-order chi connectivity index (χ0) is 18.9. The molecule has 2 aromatic heterocycles. The Bertz CT molecular complexity index is 858. The maximum absolute atomic E-state index is 12.9. The molecule has 4 rings (SSSR count). The molecule has 2 N–H and O–H groups in total. The minimum absolute atomic E-state index is 0.0699. The first-order chi connectivity index (χ1) is 13.1. The van der Waals surface area contributed by atoms with Crippen LogP contribution in [0.4, 0.5) is 0 Å². The van der Waals surface area contributed by atoms with Crippen LogP contribution in [0.15, 0.2) is 22.7 Å². The van der Waals surface area contributed by atoms with Crippen LogP contribution >= 0.6 is 23.1 Å². The van der Waals surface area contributed by atoms with Crippen molar-refractivity contribution >= 4 is 40.8 Å². The van der Waals surface area contributed by atoms with Crippen LogP contribution in [0.2, 0.25) is 0 Å². The van der Waals surface area contributed by atoms with Crippen LogP contribution in [0.3, 0.4) is 0 Å². The molecule has 3 heterocycles. The van der Waals surface area contributed by atoms with Crippen molar-refractivity contribution in [3.05, 3.63) is 17.5 Å². The van der Waals surface area contributed by atoms with E-state index in [0.717, 1.165) is 24.1 Å². The standard InChI is InChI=1S/C17H19N5O3S2/c23-12-9-22(17(15(25)18-12)6-2-1-3-7-17)13(24)10-27-16-19-14(20-21-16)11-5-4-8-26-11/h4-5,8H,1-3,6-7,9-10H2,(H,18,23,25)(H,19,20,21). The van der Waals surface area contributed by atoms with E-state index in [0.29, 0.717) is 23.8 Å². The largest absolute Gasteiger partial charge is 0.318 e. The average Bonchev–Trinajstić information content (AvgIpc) is 3.35. The van der Waals surface area contributed by atoms with E-state index in [-0.39, 0.29) is 24.1 Å². The number of hydrogen-bond donors (Lipinski definition) is 2. The summed E-state index contributed by atoms with van der Waals surface area (Å²) in [6.07, 6.45) is 4.01. The Hall–Kier alpha value is -2.20. The van der Waals surface area contributed by atoms with E-state index in [1.807, 2.05) is 17.5 Å². The lowest BCUT2D eigenvalue weighted by atomic mass is 9.78. The quantitative estimate of drug-likeness (QED) is 0.593. The third-order valence-corrected chi connectivity index (χ3v) is 6.73. The summed E-state index contributed by atoms with van der Waals surface area (Å²) in [5.74, 6) is -0.241. The van der Waals surface area contributed by atoms with Crippen molar-refractivity contribution in [1.29, 1.82) is 0 Å². The van der Waals surface area contributed by atoms with Crippen LogP contribution in [0, 0.1) is 0 Å². The molecule has 1 spiro atoms. The van der Waals surface area contributed by atoms with Crippen LogP contribution in [0.25, 0.3) is 10.7 Å². The second-order valence-corrected chi connectivity index (χ2v) is 8.57. The van der Waals surface area contributed by atoms with Crippen molar-refractivity contribution in [1.82, 2.24) is 25.4 Å². The molecule has 0 unspecified atom stereocenters. The number of H-pyrrole nitrogens is 1. The topological polar surface area (TPSA) is 108 Å². The molecule has 2 aromatic rings. The monoisotopic (exact) mass is 405 g/mol. The van der Waals surface area contributed by atoms with Gasteiger partial charge in [-0.05, 0) is 24.3 Å². The number of piperazine rings is 1. The van der Waals surface area contributed by atoms with Crippen molar-refractivity contribution in [3.63, 3.8) is 0 Å². The number of thioether (sulfide) groups is 1. The van der Waals surface area contributed by atoms with Gasteiger partial charge in [-0.15, -0.1) is 16.4 Å². The first kappa shape index (κ1) is 18.2. The van der Waals surface area contributed by atoms with Crippen LogP contribution in [0.1, 0.15) is 32.1 Å². The fourth-order valence-electron chi connectivity index (χ4n) is 3.70. The molecular weight excluding hydrogens is 386 g/mol. The van der Waals surface area contributed by atoms with Crippen LogP contribution < -0.4 is 5.32 Å². The molecule has 1 saturated carbocycles. The Morgan fingerprint density at radius 3 is 2.85 bits per heavy atom. The molecule has 10 heteroatoms. The van der Waals surface area contributed by atoms with Gasteiger partial charge in [0.25, 0.3) is 5.91 Å². The summed E-state index contributed by atoms with van der Waals surface area (Å²) >= 11 is 2.76. The highest BCUT2D eigenvalue weighted by molar-refractivity contribution is 7.99. The molecule has 1 aliphatic carbocycles. The van der Waals surface area contributed by atoms with Gasteiger partial charge in [-0.25, -0.2) is 4.98 Å². The Morgan fingerprint density at radius 1 is 1.30 bits per heavy atom. The lowest BCUT2D eigenvalue weighted by Gasteiger charge is -2.47. The summed E-state index contributed by atoms with van der Waals surface area (Å²) in [7, 11) is 0. The minimum atomic E-state index is -0.884. The van der Waals surface area contributed by atoms with Crippen molar-refractivity contribution in [2.75, 3.05) is 12.3 Å². The van der Waals surface area contributed by atoms with Gasteiger partial charge in [0.1, 0.15) is 12.1 Å². The lowest BCUT2D eigenvalue weighted by molar-refractivity contribution is -0.158. The molecule has 0 bridgehead atoms. The van der Waals surface area contributed by atoms with E-state index in [4.69, 9.17) is 0 Å². The van der Waals surface area contributed by atoms with Crippen LogP contribution in [0.5, 0.6) is 0 Å². The number of carbonyl (C=O) groups is 3. The number of imide groups is 1. The van der Waals surface area contributed by atoms with Crippen molar-refractivity contribution < 1.29 is 14.4 Å². The molecule has 1 saturated heterocycles. The molecular formula is C17H19N5O3S2. The zero-order valence-electron chi connectivity index (χ0n) is 14.6. The highest BCUT2D eigenvalue weighted by Crippen LogP contribution is 2.36. The highest BCUT2D eigenvalue weighted by Gasteiger charge is 2.50. The first-order valence-corrected chi connectivity index (χ1v) is 10.7. The molecule has 2 aliphatic rings. The predicted octanol–water partition coefficient (Wildman–Crippen LogP) is 1.81. The second-order valence-electron chi connectivity index (χ2n) is 6.68. The maximum Gasteiger partial charge on any atom is 0.252 e. The van der Waals surface area contributed by atoms with Gasteiger partial charge in [-0.3, -0.25) is 24.8 Å². The van der Waals surface area contributed by atoms with E-state index in [2.05, 4.69) is 20.5 Å². The Morgan fingerprint density at radius 2 is 2.11 bits per heavy atom. The van der Waals surface area contributed by atoms with E-state index < -0.39 is 11.4 Å². The first-order valence-electron chi connectivity index (χ1n) is 8.82. The molecule has 1 aliphatic heterocycles. The van der Waals surface area contributed by atoms with Gasteiger partial charge in [0, 0.05) is 0 Å². The summed E-state index contributed by atoms with van der Waals surface area (Å²) < 4.78 is 0. The molecule has 8 nitrogen and oxygen atoms in total. The Labute approximate surface area is 164 Å². The zero-order valence-corrected chi connectivity index (χ0v) is 16.2. The van der Waals surface area contributed by atoms with E-state index in [1.165, 1.54) is 16.7 Å². The van der Waals surface area contributed by atoms with Crippen molar-refractivity contribution in [2.24, 2.45) is 0 Å². The molecule has 3 amide bonds. The number of aromatic amines is 1. The van der Waals surface area contributed by atoms with Crippen LogP contribution in [-0.4, -0.2) is 55.6 Å². The number of hydrogen-bond acceptors (Lipinski definition) is 7. The summed E-state index contributed by atoms with van der Waals surface area (Å²) in [4.78, 5) is 44.1. The molecule has 0 radical (unpaired) electrons. The van der Waals surface area contributed by atoms with E-state index in [9.17, 15) is 14.4 Å². The van der Waals surface area contributed by atoms with E-state index in [1.54, 1.807) is 11.3 Å². The number of amides is 3. The molecule has 0 atom stereocenters. The number of nitrogens with zero attached hydrogens (tertiary/aromatic N) is 3. The third kappa shape index (κ3) is 3.51. The average molecular weight is 406 g/mol. The normalized spacial score (nSPS) is 19.3. The molecule has 27 heavy (non-hydrogen) atoms. The van der Waals surface area contributed by atoms with Gasteiger partial charge in [0.15, 0.2) is 5.82 Å². The van der Waals surface area contributed by atoms with Gasteiger partial charge < -0.3 is 4.90 Å². The number of aromatic nitrogens is 3. The van der Waals surface area contributed by atoms with Gasteiger partial charge in [0.2, 0.25) is 17.0 Å². The van der Waals surface area contributed by atoms with Gasteiger partial charge >= 0.3 is 0 Å². The highest BCUT2D eigenvalue weighted by atomic mass is 32.2. The number of carbonyl (C=O) groups excluding carboxylic acids is 3.